The second-order valence-corrected chi connectivity index (χ2v) is 6.55. The highest BCUT2D eigenvalue weighted by Crippen LogP contribution is 2.17. The van der Waals surface area contributed by atoms with E-state index in [-0.39, 0.29) is 24.9 Å². The van der Waals surface area contributed by atoms with Crippen LogP contribution in [0.4, 0.5) is 11.4 Å². The van der Waals surface area contributed by atoms with E-state index in [0.717, 1.165) is 10.2 Å². The second kappa shape index (κ2) is 9.94. The standard InChI is InChI=1S/C19H22BrN3O3/c1-3-23(12-18(24)21-15-9-7-14(20)8-10-15)13-19(25)22-16-5-4-6-17(11-16)26-2/h4-11H,3,12-13H2,1-2H3,(H,21,24)(H,22,25). The molecule has 0 aromatic heterocycles. The maximum Gasteiger partial charge on any atom is 0.238 e. The van der Waals surface area contributed by atoms with Crippen molar-refractivity contribution in [2.45, 2.75) is 6.92 Å². The maximum absolute atomic E-state index is 12.2. The zero-order chi connectivity index (χ0) is 18.9. The molecule has 0 spiro atoms. The van der Waals surface area contributed by atoms with Gasteiger partial charge >= 0.3 is 0 Å². The average molecular weight is 420 g/mol. The molecule has 0 unspecified atom stereocenters. The summed E-state index contributed by atoms with van der Waals surface area (Å²) in [5.41, 5.74) is 1.37. The van der Waals surface area contributed by atoms with Crippen molar-refractivity contribution >= 4 is 39.1 Å². The smallest absolute Gasteiger partial charge is 0.238 e. The van der Waals surface area contributed by atoms with Crippen molar-refractivity contribution in [1.82, 2.24) is 4.90 Å². The molecule has 2 aromatic carbocycles. The van der Waals surface area contributed by atoms with Gasteiger partial charge in [-0.25, -0.2) is 0 Å². The van der Waals surface area contributed by atoms with Gasteiger partial charge in [0.25, 0.3) is 0 Å². The van der Waals surface area contributed by atoms with Crippen molar-refractivity contribution in [3.8, 4) is 5.75 Å². The predicted molar refractivity (Wildman–Crippen MR) is 107 cm³/mol. The number of anilines is 2. The molecule has 6 nitrogen and oxygen atoms in total. The SMILES string of the molecule is CCN(CC(=O)Nc1ccc(Br)cc1)CC(=O)Nc1cccc(OC)c1. The van der Waals surface area contributed by atoms with Gasteiger partial charge in [0, 0.05) is 21.9 Å². The van der Waals surface area contributed by atoms with E-state index >= 15 is 0 Å². The monoisotopic (exact) mass is 419 g/mol. The number of methoxy groups -OCH3 is 1. The van der Waals surface area contributed by atoms with Gasteiger partial charge in [0.2, 0.25) is 11.8 Å². The number of ether oxygens (including phenoxy) is 1. The van der Waals surface area contributed by atoms with Crippen molar-refractivity contribution < 1.29 is 14.3 Å². The van der Waals surface area contributed by atoms with Crippen molar-refractivity contribution in [2.75, 3.05) is 37.4 Å². The summed E-state index contributed by atoms with van der Waals surface area (Å²) in [6.45, 7) is 2.75. The molecule has 2 amide bonds. The molecule has 0 aliphatic rings. The lowest BCUT2D eigenvalue weighted by molar-refractivity contribution is -0.119. The quantitative estimate of drug-likeness (QED) is 0.687. The number of amides is 2. The third-order valence-corrected chi connectivity index (χ3v) is 4.19. The van der Waals surface area contributed by atoms with Crippen LogP contribution < -0.4 is 15.4 Å². The normalized spacial score (nSPS) is 10.5. The number of hydrogen-bond acceptors (Lipinski definition) is 4. The molecule has 0 saturated carbocycles. The minimum Gasteiger partial charge on any atom is -0.497 e. The summed E-state index contributed by atoms with van der Waals surface area (Å²) < 4.78 is 6.08. The Bertz CT molecular complexity index is 750. The van der Waals surface area contributed by atoms with Crippen molar-refractivity contribution in [3.63, 3.8) is 0 Å². The number of rotatable bonds is 8. The van der Waals surface area contributed by atoms with Gasteiger partial charge in [0.05, 0.1) is 20.2 Å². The Morgan fingerprint density at radius 1 is 1.00 bits per heavy atom. The van der Waals surface area contributed by atoms with Crippen molar-refractivity contribution in [3.05, 3.63) is 53.0 Å². The lowest BCUT2D eigenvalue weighted by atomic mass is 10.3. The van der Waals surface area contributed by atoms with Crippen LogP contribution in [-0.2, 0) is 9.59 Å². The third kappa shape index (κ3) is 6.50. The number of benzene rings is 2. The summed E-state index contributed by atoms with van der Waals surface area (Å²) in [4.78, 5) is 26.2. The number of likely N-dealkylation sites (N-methyl/N-ethyl adjacent to an activating group) is 1. The number of carbonyl (C=O) groups is 2. The van der Waals surface area contributed by atoms with Crippen molar-refractivity contribution in [2.24, 2.45) is 0 Å². The molecule has 0 aliphatic heterocycles. The molecule has 0 fully saturated rings. The topological polar surface area (TPSA) is 70.7 Å². The van der Waals surface area contributed by atoms with Crippen LogP contribution in [0.3, 0.4) is 0 Å². The van der Waals surface area contributed by atoms with Gasteiger partial charge < -0.3 is 15.4 Å². The summed E-state index contributed by atoms with van der Waals surface area (Å²) >= 11 is 3.35. The molecular weight excluding hydrogens is 398 g/mol. The van der Waals surface area contributed by atoms with E-state index in [2.05, 4.69) is 26.6 Å². The number of nitrogens with one attached hydrogen (secondary N) is 2. The molecule has 0 radical (unpaired) electrons. The summed E-state index contributed by atoms with van der Waals surface area (Å²) in [7, 11) is 1.57. The van der Waals surface area contributed by atoms with Crippen LogP contribution in [-0.4, -0.2) is 43.5 Å². The number of hydrogen-bond donors (Lipinski definition) is 2. The van der Waals surface area contributed by atoms with Crippen LogP contribution >= 0.6 is 15.9 Å². The van der Waals surface area contributed by atoms with E-state index in [4.69, 9.17) is 4.74 Å². The van der Waals surface area contributed by atoms with Crippen molar-refractivity contribution in [1.29, 1.82) is 0 Å². The minimum absolute atomic E-state index is 0.126. The zero-order valence-electron chi connectivity index (χ0n) is 14.8. The van der Waals surface area contributed by atoms with Gasteiger partial charge in [-0.1, -0.05) is 28.9 Å². The van der Waals surface area contributed by atoms with Gasteiger partial charge in [-0.3, -0.25) is 14.5 Å². The van der Waals surface area contributed by atoms with E-state index in [1.807, 2.05) is 31.2 Å². The van der Waals surface area contributed by atoms with E-state index < -0.39 is 0 Å². The van der Waals surface area contributed by atoms with E-state index in [1.54, 1.807) is 36.3 Å². The Morgan fingerprint density at radius 2 is 1.62 bits per heavy atom. The first-order chi connectivity index (χ1) is 12.5. The molecule has 0 atom stereocenters. The fourth-order valence-electron chi connectivity index (χ4n) is 2.32. The highest BCUT2D eigenvalue weighted by Gasteiger charge is 2.13. The highest BCUT2D eigenvalue weighted by molar-refractivity contribution is 9.10. The molecular formula is C19H22BrN3O3. The van der Waals surface area contributed by atoms with Crippen LogP contribution in [0.2, 0.25) is 0 Å². The maximum atomic E-state index is 12.2. The Kier molecular flexibility index (Phi) is 7.62. The van der Waals surface area contributed by atoms with Crippen LogP contribution in [0.1, 0.15) is 6.92 Å². The molecule has 2 rings (SSSR count). The summed E-state index contributed by atoms with van der Waals surface area (Å²) in [6, 6.07) is 14.5. The van der Waals surface area contributed by atoms with Crippen LogP contribution in [0.5, 0.6) is 5.75 Å². The lowest BCUT2D eigenvalue weighted by Gasteiger charge is -2.19. The van der Waals surface area contributed by atoms with Gasteiger partial charge in [-0.15, -0.1) is 0 Å². The molecule has 2 N–H and O–H groups in total. The van der Waals surface area contributed by atoms with Gasteiger partial charge in [0.1, 0.15) is 5.75 Å². The summed E-state index contributed by atoms with van der Waals surface area (Å²) in [5.74, 6) is 0.323. The Morgan fingerprint density at radius 3 is 2.19 bits per heavy atom. The highest BCUT2D eigenvalue weighted by atomic mass is 79.9. The number of halogens is 1. The fraction of sp³-hybridized carbons (Fsp3) is 0.263. The molecule has 138 valence electrons. The Balaban J connectivity index is 1.86. The minimum atomic E-state index is -0.184. The van der Waals surface area contributed by atoms with Gasteiger partial charge in [-0.05, 0) is 42.9 Å². The molecule has 26 heavy (non-hydrogen) atoms. The zero-order valence-corrected chi connectivity index (χ0v) is 16.4. The fourth-order valence-corrected chi connectivity index (χ4v) is 2.59. The average Bonchev–Trinajstić information content (AvgIpc) is 2.63. The van der Waals surface area contributed by atoms with E-state index in [9.17, 15) is 9.59 Å². The summed E-state index contributed by atoms with van der Waals surface area (Å²) in [5, 5.41) is 5.64. The molecule has 0 aliphatic carbocycles. The number of carbonyl (C=O) groups excluding carboxylic acids is 2. The Hall–Kier alpha value is -2.38. The number of nitrogens with zero attached hydrogens (tertiary/aromatic N) is 1. The molecule has 0 bridgehead atoms. The summed E-state index contributed by atoms with van der Waals surface area (Å²) in [6.07, 6.45) is 0. The predicted octanol–water partition coefficient (Wildman–Crippen LogP) is 3.36. The van der Waals surface area contributed by atoms with Gasteiger partial charge in [0.15, 0.2) is 0 Å². The first kappa shape index (κ1) is 19.9. The van der Waals surface area contributed by atoms with E-state index in [0.29, 0.717) is 18.0 Å². The lowest BCUT2D eigenvalue weighted by Crippen LogP contribution is -2.38. The first-order valence-electron chi connectivity index (χ1n) is 8.22. The van der Waals surface area contributed by atoms with Crippen LogP contribution in [0.15, 0.2) is 53.0 Å². The third-order valence-electron chi connectivity index (χ3n) is 3.66. The second-order valence-electron chi connectivity index (χ2n) is 5.64. The van der Waals surface area contributed by atoms with Gasteiger partial charge in [-0.2, -0.15) is 0 Å². The molecule has 7 heteroatoms. The van der Waals surface area contributed by atoms with E-state index in [1.165, 1.54) is 0 Å². The Labute approximate surface area is 161 Å². The molecule has 2 aromatic rings. The molecule has 0 heterocycles. The first-order valence-corrected chi connectivity index (χ1v) is 9.01. The molecule has 0 saturated heterocycles. The largest absolute Gasteiger partial charge is 0.497 e. The van der Waals surface area contributed by atoms with Crippen LogP contribution in [0.25, 0.3) is 0 Å². The van der Waals surface area contributed by atoms with Crippen LogP contribution in [0, 0.1) is 0 Å².